The van der Waals surface area contributed by atoms with Crippen LogP contribution in [0.25, 0.3) is 0 Å². The molecule has 2 fully saturated rings. The lowest BCUT2D eigenvalue weighted by Crippen LogP contribution is -2.58. The summed E-state index contributed by atoms with van der Waals surface area (Å²) in [4.78, 5) is 18.4. The highest BCUT2D eigenvalue weighted by Crippen LogP contribution is 2.55. The maximum Gasteiger partial charge on any atom is 0.246 e. The van der Waals surface area contributed by atoms with Crippen molar-refractivity contribution < 1.29 is 14.4 Å². The van der Waals surface area contributed by atoms with Crippen LogP contribution in [0.15, 0.2) is 30.3 Å². The van der Waals surface area contributed by atoms with Crippen molar-refractivity contribution in [1.29, 1.82) is 0 Å². The van der Waals surface area contributed by atoms with Crippen LogP contribution in [0.5, 0.6) is 0 Å². The summed E-state index contributed by atoms with van der Waals surface area (Å²) in [5, 5.41) is 1.59. The van der Waals surface area contributed by atoms with Gasteiger partial charge in [0.05, 0.1) is 0 Å². The normalized spacial score (nSPS) is 27.4. The fourth-order valence-corrected chi connectivity index (χ4v) is 6.55. The lowest BCUT2D eigenvalue weighted by atomic mass is 10.0. The minimum absolute atomic E-state index is 0.0478. The van der Waals surface area contributed by atoms with Gasteiger partial charge in [0.25, 0.3) is 0 Å². The first kappa shape index (κ1) is 17.1. The number of benzene rings is 1. The van der Waals surface area contributed by atoms with Gasteiger partial charge in [-0.1, -0.05) is 30.3 Å². The summed E-state index contributed by atoms with van der Waals surface area (Å²) in [6, 6.07) is 9.95. The van der Waals surface area contributed by atoms with E-state index in [4.69, 9.17) is 9.57 Å². The van der Waals surface area contributed by atoms with Crippen LogP contribution in [-0.4, -0.2) is 39.4 Å². The average Bonchev–Trinajstić information content (AvgIpc) is 2.90. The topological polar surface area (TPSA) is 38.8 Å². The van der Waals surface area contributed by atoms with Crippen LogP contribution in [0.3, 0.4) is 0 Å². The maximum atomic E-state index is 12.4. The molecular formula is C17H23NO3S2. The number of hydrogen-bond donors (Lipinski definition) is 0. The zero-order valence-electron chi connectivity index (χ0n) is 13.6. The Balaban J connectivity index is 1.80. The van der Waals surface area contributed by atoms with Crippen molar-refractivity contribution >= 4 is 29.4 Å². The standard InChI is InChI=1S/C17H23NO3S2/c1-16(17(20-2)22-11-6-12-23-17)10-9-15(19)18(16)21-13-14-7-4-3-5-8-14/h3-5,7-8H,6,9-13H2,1-2H3. The van der Waals surface area contributed by atoms with E-state index >= 15 is 0 Å². The van der Waals surface area contributed by atoms with Crippen molar-refractivity contribution in [2.24, 2.45) is 0 Å². The molecule has 3 rings (SSSR count). The molecule has 1 amide bonds. The highest BCUT2D eigenvalue weighted by atomic mass is 32.2. The van der Waals surface area contributed by atoms with Gasteiger partial charge in [0.2, 0.25) is 5.91 Å². The first-order chi connectivity index (χ1) is 11.1. The molecule has 0 N–H and O–H groups in total. The summed E-state index contributed by atoms with van der Waals surface area (Å²) < 4.78 is 5.50. The van der Waals surface area contributed by atoms with Gasteiger partial charge < -0.3 is 4.74 Å². The Morgan fingerprint density at radius 3 is 2.57 bits per heavy atom. The lowest BCUT2D eigenvalue weighted by molar-refractivity contribution is -0.226. The number of hydrogen-bond acceptors (Lipinski definition) is 5. The van der Waals surface area contributed by atoms with E-state index in [2.05, 4.69) is 6.92 Å². The fraction of sp³-hybridized carbons (Fsp3) is 0.588. The Morgan fingerprint density at radius 2 is 1.91 bits per heavy atom. The molecule has 0 saturated carbocycles. The molecule has 0 radical (unpaired) electrons. The largest absolute Gasteiger partial charge is 0.356 e. The number of amides is 1. The maximum absolute atomic E-state index is 12.4. The number of thioether (sulfide) groups is 2. The number of ether oxygens (including phenoxy) is 1. The minimum atomic E-state index is -0.455. The molecule has 4 nitrogen and oxygen atoms in total. The van der Waals surface area contributed by atoms with E-state index in [1.807, 2.05) is 30.3 Å². The van der Waals surface area contributed by atoms with Crippen molar-refractivity contribution in [1.82, 2.24) is 5.06 Å². The molecule has 23 heavy (non-hydrogen) atoms. The molecule has 1 aromatic rings. The molecular weight excluding hydrogens is 330 g/mol. The van der Waals surface area contributed by atoms with Crippen LogP contribution in [0.4, 0.5) is 0 Å². The Morgan fingerprint density at radius 1 is 1.22 bits per heavy atom. The molecule has 1 unspecified atom stereocenters. The van der Waals surface area contributed by atoms with Gasteiger partial charge >= 0.3 is 0 Å². The third-order valence-electron chi connectivity index (χ3n) is 4.50. The molecule has 2 aliphatic heterocycles. The molecule has 0 aromatic heterocycles. The summed E-state index contributed by atoms with van der Waals surface area (Å²) >= 11 is 3.60. The molecule has 0 spiro atoms. The molecule has 6 heteroatoms. The van der Waals surface area contributed by atoms with Crippen molar-refractivity contribution in [3.63, 3.8) is 0 Å². The highest BCUT2D eigenvalue weighted by molar-refractivity contribution is 8.18. The number of nitrogens with zero attached hydrogens (tertiary/aromatic N) is 1. The van der Waals surface area contributed by atoms with Gasteiger partial charge in [-0.25, -0.2) is 5.06 Å². The lowest BCUT2D eigenvalue weighted by Gasteiger charge is -2.49. The van der Waals surface area contributed by atoms with E-state index in [1.54, 1.807) is 35.7 Å². The van der Waals surface area contributed by atoms with Crippen LogP contribution in [-0.2, 0) is 21.0 Å². The summed E-state index contributed by atoms with van der Waals surface area (Å²) in [5.74, 6) is 2.15. The Kier molecular flexibility index (Phi) is 5.26. The van der Waals surface area contributed by atoms with Crippen LogP contribution in [0.2, 0.25) is 0 Å². The zero-order valence-corrected chi connectivity index (χ0v) is 15.3. The van der Waals surface area contributed by atoms with Gasteiger partial charge in [0.1, 0.15) is 12.1 Å². The second kappa shape index (κ2) is 7.05. The summed E-state index contributed by atoms with van der Waals surface area (Å²) in [6.07, 6.45) is 2.45. The summed E-state index contributed by atoms with van der Waals surface area (Å²) in [6.45, 7) is 2.50. The predicted molar refractivity (Wildman–Crippen MR) is 95.0 cm³/mol. The third kappa shape index (κ3) is 3.14. The van der Waals surface area contributed by atoms with Crippen molar-refractivity contribution in [3.05, 3.63) is 35.9 Å². The Hall–Kier alpha value is -0.690. The van der Waals surface area contributed by atoms with Gasteiger partial charge in [0, 0.05) is 13.5 Å². The SMILES string of the molecule is COC1(C2(C)CCC(=O)N2OCc2ccccc2)SCCCS1. The molecule has 2 heterocycles. The number of carbonyl (C=O) groups excluding carboxylic acids is 1. The van der Waals surface area contributed by atoms with Gasteiger partial charge in [0.15, 0.2) is 4.27 Å². The van der Waals surface area contributed by atoms with Crippen LogP contribution in [0.1, 0.15) is 31.7 Å². The van der Waals surface area contributed by atoms with Crippen LogP contribution >= 0.6 is 23.5 Å². The Labute approximate surface area is 146 Å². The summed E-state index contributed by atoms with van der Waals surface area (Å²) in [5.41, 5.74) is 0.605. The van der Waals surface area contributed by atoms with E-state index in [9.17, 15) is 4.79 Å². The van der Waals surface area contributed by atoms with E-state index < -0.39 is 9.80 Å². The molecule has 0 bridgehead atoms. The molecule has 1 atom stereocenters. The van der Waals surface area contributed by atoms with E-state index in [0.717, 1.165) is 23.5 Å². The molecule has 126 valence electrons. The molecule has 2 aliphatic rings. The van der Waals surface area contributed by atoms with Crippen molar-refractivity contribution in [2.75, 3.05) is 18.6 Å². The van der Waals surface area contributed by atoms with Gasteiger partial charge in [-0.05, 0) is 36.8 Å². The number of carbonyl (C=O) groups is 1. The fourth-order valence-electron chi connectivity index (χ4n) is 3.20. The second-order valence-electron chi connectivity index (χ2n) is 6.03. The van der Waals surface area contributed by atoms with E-state index in [0.29, 0.717) is 13.0 Å². The molecule has 0 aliphatic carbocycles. The monoisotopic (exact) mass is 353 g/mol. The van der Waals surface area contributed by atoms with E-state index in [1.165, 1.54) is 6.42 Å². The number of methoxy groups -OCH3 is 1. The first-order valence-corrected chi connectivity index (χ1v) is 9.91. The second-order valence-corrected chi connectivity index (χ2v) is 8.83. The molecule has 1 aromatic carbocycles. The van der Waals surface area contributed by atoms with Gasteiger partial charge in [-0.2, -0.15) is 0 Å². The molecule has 2 saturated heterocycles. The van der Waals surface area contributed by atoms with Crippen LogP contribution < -0.4 is 0 Å². The number of hydroxylamine groups is 2. The van der Waals surface area contributed by atoms with Gasteiger partial charge in [-0.3, -0.25) is 9.63 Å². The third-order valence-corrected chi connectivity index (χ3v) is 8.17. The quantitative estimate of drug-likeness (QED) is 0.807. The first-order valence-electron chi connectivity index (χ1n) is 7.94. The minimum Gasteiger partial charge on any atom is -0.356 e. The summed E-state index contributed by atoms with van der Waals surface area (Å²) in [7, 11) is 1.74. The zero-order chi connectivity index (χ0) is 16.3. The van der Waals surface area contributed by atoms with E-state index in [-0.39, 0.29) is 5.91 Å². The number of rotatable bonds is 5. The van der Waals surface area contributed by atoms with Crippen molar-refractivity contribution in [3.8, 4) is 0 Å². The highest BCUT2D eigenvalue weighted by Gasteiger charge is 2.59. The van der Waals surface area contributed by atoms with Crippen LogP contribution in [0, 0.1) is 0 Å². The average molecular weight is 354 g/mol. The Bertz CT molecular complexity index is 548. The smallest absolute Gasteiger partial charge is 0.246 e. The van der Waals surface area contributed by atoms with Gasteiger partial charge in [-0.15, -0.1) is 23.5 Å². The van der Waals surface area contributed by atoms with Crippen molar-refractivity contribution in [2.45, 2.75) is 42.6 Å². The predicted octanol–water partition coefficient (Wildman–Crippen LogP) is 3.67.